The Bertz CT molecular complexity index is 415. The predicted molar refractivity (Wildman–Crippen MR) is 78.4 cm³/mol. The van der Waals surface area contributed by atoms with Crippen LogP contribution in [0.15, 0.2) is 24.3 Å². The Morgan fingerprint density at radius 1 is 1.26 bits per heavy atom. The minimum Gasteiger partial charge on any atom is -0.464 e. The molecule has 0 aromatic heterocycles. The number of benzene rings is 1. The summed E-state index contributed by atoms with van der Waals surface area (Å²) in [6.45, 7) is 6.74. The second-order valence-electron chi connectivity index (χ2n) is 4.82. The van der Waals surface area contributed by atoms with Gasteiger partial charge in [-0.1, -0.05) is 19.1 Å². The highest BCUT2D eigenvalue weighted by atomic mass is 16.5. The van der Waals surface area contributed by atoms with Gasteiger partial charge in [-0.25, -0.2) is 4.79 Å². The topological polar surface area (TPSA) is 41.6 Å². The Morgan fingerprint density at radius 3 is 2.26 bits per heavy atom. The zero-order valence-electron chi connectivity index (χ0n) is 12.5. The number of ether oxygens (including phenoxy) is 1. The number of hydrogen-bond donors (Lipinski definition) is 1. The summed E-state index contributed by atoms with van der Waals surface area (Å²) in [5, 5.41) is 3.22. The van der Waals surface area contributed by atoms with E-state index in [1.807, 2.05) is 64.0 Å². The largest absolute Gasteiger partial charge is 0.464 e. The van der Waals surface area contributed by atoms with E-state index in [0.29, 0.717) is 13.2 Å². The lowest BCUT2D eigenvalue weighted by Crippen LogP contribution is -2.47. The predicted octanol–water partition coefficient (Wildman–Crippen LogP) is 2.14. The van der Waals surface area contributed by atoms with E-state index in [4.69, 9.17) is 4.74 Å². The van der Waals surface area contributed by atoms with Crippen LogP contribution >= 0.6 is 0 Å². The number of hydrogen-bond acceptors (Lipinski definition) is 4. The SMILES string of the molecule is CCNC(C)(C(=O)OCC)c1ccc(N(C)C)cc1. The monoisotopic (exact) mass is 264 g/mol. The molecule has 1 atom stereocenters. The highest BCUT2D eigenvalue weighted by Gasteiger charge is 2.35. The van der Waals surface area contributed by atoms with Gasteiger partial charge in [0.05, 0.1) is 6.61 Å². The molecule has 106 valence electrons. The number of nitrogens with zero attached hydrogens (tertiary/aromatic N) is 1. The molecule has 4 nitrogen and oxygen atoms in total. The Morgan fingerprint density at radius 2 is 1.84 bits per heavy atom. The smallest absolute Gasteiger partial charge is 0.330 e. The van der Waals surface area contributed by atoms with Gasteiger partial charge in [0.15, 0.2) is 0 Å². The molecular formula is C15H24N2O2. The number of nitrogens with one attached hydrogen (secondary N) is 1. The first-order valence-electron chi connectivity index (χ1n) is 6.65. The molecule has 0 radical (unpaired) electrons. The Kier molecular flexibility index (Phi) is 5.36. The van der Waals surface area contributed by atoms with E-state index in [1.165, 1.54) is 0 Å². The van der Waals surface area contributed by atoms with E-state index < -0.39 is 5.54 Å². The van der Waals surface area contributed by atoms with Crippen molar-refractivity contribution in [2.45, 2.75) is 26.3 Å². The summed E-state index contributed by atoms with van der Waals surface area (Å²) in [4.78, 5) is 14.2. The minimum absolute atomic E-state index is 0.241. The maximum absolute atomic E-state index is 12.2. The van der Waals surface area contributed by atoms with E-state index >= 15 is 0 Å². The summed E-state index contributed by atoms with van der Waals surface area (Å²) < 4.78 is 5.18. The maximum Gasteiger partial charge on any atom is 0.330 e. The first-order valence-corrected chi connectivity index (χ1v) is 6.65. The Labute approximate surface area is 115 Å². The van der Waals surface area contributed by atoms with Crippen LogP contribution in [0.5, 0.6) is 0 Å². The quantitative estimate of drug-likeness (QED) is 0.799. The molecule has 0 aliphatic rings. The van der Waals surface area contributed by atoms with Crippen LogP contribution in [0, 0.1) is 0 Å². The number of anilines is 1. The van der Waals surface area contributed by atoms with Gasteiger partial charge >= 0.3 is 5.97 Å². The molecule has 1 rings (SSSR count). The number of carbonyl (C=O) groups excluding carboxylic acids is 1. The number of carbonyl (C=O) groups is 1. The summed E-state index contributed by atoms with van der Waals surface area (Å²) in [6, 6.07) is 7.94. The Balaban J connectivity index is 3.07. The van der Waals surface area contributed by atoms with Gasteiger partial charge < -0.3 is 9.64 Å². The molecule has 1 aromatic rings. The number of likely N-dealkylation sites (N-methyl/N-ethyl adjacent to an activating group) is 1. The van der Waals surface area contributed by atoms with Gasteiger partial charge in [-0.2, -0.15) is 0 Å². The van der Waals surface area contributed by atoms with Crippen molar-refractivity contribution in [3.05, 3.63) is 29.8 Å². The summed E-state index contributed by atoms with van der Waals surface area (Å²) in [5.41, 5.74) is 1.22. The van der Waals surface area contributed by atoms with Crippen LogP contribution in [0.3, 0.4) is 0 Å². The van der Waals surface area contributed by atoms with Crippen molar-refractivity contribution in [2.75, 3.05) is 32.1 Å². The number of esters is 1. The highest BCUT2D eigenvalue weighted by Crippen LogP contribution is 2.24. The fourth-order valence-corrected chi connectivity index (χ4v) is 2.01. The molecule has 0 fully saturated rings. The van der Waals surface area contributed by atoms with Crippen molar-refractivity contribution in [2.24, 2.45) is 0 Å². The molecule has 0 spiro atoms. The zero-order chi connectivity index (χ0) is 14.5. The molecule has 0 saturated heterocycles. The van der Waals surface area contributed by atoms with Gasteiger partial charge in [0.1, 0.15) is 5.54 Å². The van der Waals surface area contributed by atoms with Gasteiger partial charge in [-0.15, -0.1) is 0 Å². The molecule has 0 aliphatic heterocycles. The lowest BCUT2D eigenvalue weighted by molar-refractivity contribution is -0.151. The van der Waals surface area contributed by atoms with E-state index in [-0.39, 0.29) is 5.97 Å². The average Bonchev–Trinajstić information content (AvgIpc) is 2.39. The third-order valence-electron chi connectivity index (χ3n) is 3.18. The first-order chi connectivity index (χ1) is 8.95. The normalized spacial score (nSPS) is 13.7. The van der Waals surface area contributed by atoms with Crippen molar-refractivity contribution >= 4 is 11.7 Å². The van der Waals surface area contributed by atoms with Crippen molar-refractivity contribution in [1.29, 1.82) is 0 Å². The number of rotatable bonds is 6. The second-order valence-corrected chi connectivity index (χ2v) is 4.82. The molecule has 0 amide bonds. The van der Waals surface area contributed by atoms with E-state index in [9.17, 15) is 4.79 Å². The van der Waals surface area contributed by atoms with E-state index in [1.54, 1.807) is 0 Å². The minimum atomic E-state index is -0.796. The fraction of sp³-hybridized carbons (Fsp3) is 0.533. The van der Waals surface area contributed by atoms with Crippen LogP contribution < -0.4 is 10.2 Å². The lowest BCUT2D eigenvalue weighted by atomic mass is 9.91. The third kappa shape index (κ3) is 3.47. The average molecular weight is 264 g/mol. The van der Waals surface area contributed by atoms with Crippen molar-refractivity contribution in [3.63, 3.8) is 0 Å². The lowest BCUT2D eigenvalue weighted by Gasteiger charge is -2.29. The van der Waals surface area contributed by atoms with Crippen LogP contribution in [0.2, 0.25) is 0 Å². The van der Waals surface area contributed by atoms with Crippen molar-refractivity contribution in [1.82, 2.24) is 5.32 Å². The first kappa shape index (κ1) is 15.5. The molecule has 0 aliphatic carbocycles. The maximum atomic E-state index is 12.2. The highest BCUT2D eigenvalue weighted by molar-refractivity contribution is 5.82. The molecular weight excluding hydrogens is 240 g/mol. The molecule has 0 heterocycles. The van der Waals surface area contributed by atoms with Gasteiger partial charge in [0.25, 0.3) is 0 Å². The van der Waals surface area contributed by atoms with Crippen LogP contribution in [-0.2, 0) is 15.1 Å². The standard InChI is InChI=1S/C15H24N2O2/c1-6-16-15(3,14(18)19-7-2)12-8-10-13(11-9-12)17(4)5/h8-11,16H,6-7H2,1-5H3. The molecule has 0 bridgehead atoms. The third-order valence-corrected chi connectivity index (χ3v) is 3.18. The van der Waals surface area contributed by atoms with Gasteiger partial charge in [-0.3, -0.25) is 5.32 Å². The van der Waals surface area contributed by atoms with Gasteiger partial charge in [-0.05, 0) is 38.1 Å². The van der Waals surface area contributed by atoms with E-state index in [0.717, 1.165) is 11.3 Å². The molecule has 1 N–H and O–H groups in total. The summed E-state index contributed by atoms with van der Waals surface area (Å²) >= 11 is 0. The van der Waals surface area contributed by atoms with Crippen LogP contribution in [0.4, 0.5) is 5.69 Å². The van der Waals surface area contributed by atoms with Gasteiger partial charge in [0.2, 0.25) is 0 Å². The van der Waals surface area contributed by atoms with E-state index in [2.05, 4.69) is 5.32 Å². The molecule has 0 saturated carbocycles. The molecule has 4 heteroatoms. The van der Waals surface area contributed by atoms with Crippen LogP contribution in [0.1, 0.15) is 26.3 Å². The van der Waals surface area contributed by atoms with Crippen molar-refractivity contribution < 1.29 is 9.53 Å². The Hall–Kier alpha value is -1.55. The van der Waals surface area contributed by atoms with Crippen LogP contribution in [0.25, 0.3) is 0 Å². The second kappa shape index (κ2) is 6.57. The zero-order valence-corrected chi connectivity index (χ0v) is 12.5. The summed E-state index contributed by atoms with van der Waals surface area (Å²) in [6.07, 6.45) is 0. The molecule has 1 aromatic carbocycles. The van der Waals surface area contributed by atoms with Crippen molar-refractivity contribution in [3.8, 4) is 0 Å². The molecule has 19 heavy (non-hydrogen) atoms. The summed E-state index contributed by atoms with van der Waals surface area (Å²) in [5.74, 6) is -0.241. The van der Waals surface area contributed by atoms with Crippen LogP contribution in [-0.4, -0.2) is 33.2 Å². The molecule has 1 unspecified atom stereocenters. The summed E-state index contributed by atoms with van der Waals surface area (Å²) in [7, 11) is 3.98. The van der Waals surface area contributed by atoms with Gasteiger partial charge in [0, 0.05) is 19.8 Å². The fourth-order valence-electron chi connectivity index (χ4n) is 2.01.